The lowest BCUT2D eigenvalue weighted by atomic mass is 10.0. The van der Waals surface area contributed by atoms with E-state index in [1.807, 2.05) is 24.3 Å². The fraction of sp³-hybridized carbons (Fsp3) is 0.333. The zero-order chi connectivity index (χ0) is 21.4. The molecule has 0 aromatic heterocycles. The first-order valence-electron chi connectivity index (χ1n) is 9.23. The highest BCUT2D eigenvalue weighted by Crippen LogP contribution is 2.27. The number of ether oxygens (including phenoxy) is 1. The molecule has 2 aromatic carbocycles. The normalized spacial score (nSPS) is 11.7. The Morgan fingerprint density at radius 2 is 1.90 bits per heavy atom. The third kappa shape index (κ3) is 7.30. The Bertz CT molecular complexity index is 885. The van der Waals surface area contributed by atoms with E-state index in [-0.39, 0.29) is 36.1 Å². The van der Waals surface area contributed by atoms with Gasteiger partial charge in [-0.15, -0.1) is 0 Å². The zero-order valence-electron chi connectivity index (χ0n) is 16.3. The molecule has 1 amide bonds. The van der Waals surface area contributed by atoms with E-state index in [0.717, 1.165) is 10.0 Å². The second-order valence-electron chi connectivity index (χ2n) is 6.81. The van der Waals surface area contributed by atoms with E-state index in [0.29, 0.717) is 6.42 Å². The summed E-state index contributed by atoms with van der Waals surface area (Å²) in [5.74, 6) is -0.832. The van der Waals surface area contributed by atoms with Crippen LogP contribution in [-0.2, 0) is 20.7 Å². The number of para-hydroxylation sites is 1. The van der Waals surface area contributed by atoms with Crippen molar-refractivity contribution in [2.45, 2.75) is 45.3 Å². The van der Waals surface area contributed by atoms with Gasteiger partial charge < -0.3 is 10.1 Å². The van der Waals surface area contributed by atoms with E-state index in [4.69, 9.17) is 4.74 Å². The molecule has 1 N–H and O–H groups in total. The Hall–Kier alpha value is -2.74. The Balaban J connectivity index is 2.15. The van der Waals surface area contributed by atoms with Gasteiger partial charge in [-0.05, 0) is 38.0 Å². The molecule has 1 atom stereocenters. The predicted octanol–water partition coefficient (Wildman–Crippen LogP) is 4.49. The van der Waals surface area contributed by atoms with Crippen LogP contribution in [0.5, 0.6) is 0 Å². The number of hydrogen-bond acceptors (Lipinski definition) is 5. The van der Waals surface area contributed by atoms with Gasteiger partial charge in [0.2, 0.25) is 5.91 Å². The number of aryl methyl sites for hydroxylation is 1. The van der Waals surface area contributed by atoms with Gasteiger partial charge in [-0.1, -0.05) is 46.3 Å². The van der Waals surface area contributed by atoms with Crippen LogP contribution in [0.4, 0.5) is 5.69 Å². The Labute approximate surface area is 177 Å². The summed E-state index contributed by atoms with van der Waals surface area (Å²) in [4.78, 5) is 35.6. The Morgan fingerprint density at radius 3 is 2.55 bits per heavy atom. The molecule has 0 spiro atoms. The molecule has 154 valence electrons. The molecule has 7 nitrogen and oxygen atoms in total. The minimum absolute atomic E-state index is 0.151. The average Bonchev–Trinajstić information content (AvgIpc) is 2.65. The number of amides is 1. The second-order valence-corrected chi connectivity index (χ2v) is 7.72. The molecule has 0 radical (unpaired) electrons. The highest BCUT2D eigenvalue weighted by Gasteiger charge is 2.26. The number of hydrogen-bond donors (Lipinski definition) is 1. The minimum Gasteiger partial charge on any atom is -0.463 e. The standard InChI is InChI=1S/C21H23BrN2O5/c1-14(2)29-21(26)13-18(17-8-3-4-9-19(17)24(27)28)23-20(25)11-10-15-6-5-7-16(22)12-15/h3-9,12,14,18H,10-11,13H2,1-2H3,(H,23,25). The van der Waals surface area contributed by atoms with Crippen molar-refractivity contribution in [3.8, 4) is 0 Å². The number of carbonyl (C=O) groups excluding carboxylic acids is 2. The van der Waals surface area contributed by atoms with Gasteiger partial charge in [-0.2, -0.15) is 0 Å². The van der Waals surface area contributed by atoms with Crippen LogP contribution in [0.1, 0.15) is 43.9 Å². The van der Waals surface area contributed by atoms with Gasteiger partial charge in [0, 0.05) is 17.0 Å². The van der Waals surface area contributed by atoms with Gasteiger partial charge in [-0.25, -0.2) is 0 Å². The third-order valence-corrected chi connectivity index (χ3v) is 4.61. The van der Waals surface area contributed by atoms with Crippen LogP contribution >= 0.6 is 15.9 Å². The molecule has 0 fully saturated rings. The minimum atomic E-state index is -0.849. The van der Waals surface area contributed by atoms with Crippen molar-refractivity contribution < 1.29 is 19.2 Å². The Morgan fingerprint density at radius 1 is 1.17 bits per heavy atom. The fourth-order valence-corrected chi connectivity index (χ4v) is 3.33. The average molecular weight is 463 g/mol. The van der Waals surface area contributed by atoms with Crippen molar-refractivity contribution >= 4 is 33.5 Å². The summed E-state index contributed by atoms with van der Waals surface area (Å²) < 4.78 is 6.08. The highest BCUT2D eigenvalue weighted by molar-refractivity contribution is 9.10. The first-order chi connectivity index (χ1) is 13.8. The Kier molecular flexibility index (Phi) is 8.33. The number of nitrogens with zero attached hydrogens (tertiary/aromatic N) is 1. The van der Waals surface area contributed by atoms with Crippen LogP contribution < -0.4 is 5.32 Å². The largest absolute Gasteiger partial charge is 0.463 e. The second kappa shape index (κ2) is 10.7. The number of carbonyl (C=O) groups is 2. The van der Waals surface area contributed by atoms with Gasteiger partial charge in [-0.3, -0.25) is 19.7 Å². The molecule has 0 aliphatic rings. The molecule has 0 saturated heterocycles. The molecular weight excluding hydrogens is 440 g/mol. The number of rotatable bonds is 9. The van der Waals surface area contributed by atoms with Crippen LogP contribution in [0, 0.1) is 10.1 Å². The fourth-order valence-electron chi connectivity index (χ4n) is 2.88. The SMILES string of the molecule is CC(C)OC(=O)CC(NC(=O)CCc1cccc(Br)c1)c1ccccc1[N+](=O)[O-]. The van der Waals surface area contributed by atoms with Crippen molar-refractivity contribution in [2.24, 2.45) is 0 Å². The number of nitro benzene ring substituents is 1. The number of nitrogens with one attached hydrogen (secondary N) is 1. The monoisotopic (exact) mass is 462 g/mol. The molecule has 0 aliphatic carbocycles. The molecule has 0 aliphatic heterocycles. The van der Waals surface area contributed by atoms with Crippen molar-refractivity contribution in [2.75, 3.05) is 0 Å². The molecule has 2 rings (SSSR count). The van der Waals surface area contributed by atoms with Crippen molar-refractivity contribution in [1.82, 2.24) is 5.32 Å². The topological polar surface area (TPSA) is 98.5 Å². The lowest BCUT2D eigenvalue weighted by molar-refractivity contribution is -0.385. The molecule has 0 bridgehead atoms. The smallest absolute Gasteiger partial charge is 0.308 e. The summed E-state index contributed by atoms with van der Waals surface area (Å²) in [5, 5.41) is 14.2. The zero-order valence-corrected chi connectivity index (χ0v) is 17.8. The molecule has 0 saturated carbocycles. The van der Waals surface area contributed by atoms with E-state index >= 15 is 0 Å². The summed E-state index contributed by atoms with van der Waals surface area (Å²) in [6.07, 6.45) is 0.185. The van der Waals surface area contributed by atoms with Crippen LogP contribution in [0.15, 0.2) is 53.0 Å². The van der Waals surface area contributed by atoms with Gasteiger partial charge in [0.1, 0.15) is 0 Å². The maximum absolute atomic E-state index is 12.5. The number of nitro groups is 1. The van der Waals surface area contributed by atoms with Gasteiger partial charge in [0.25, 0.3) is 5.69 Å². The van der Waals surface area contributed by atoms with Crippen molar-refractivity contribution in [3.05, 3.63) is 74.2 Å². The van der Waals surface area contributed by atoms with E-state index in [1.165, 1.54) is 6.07 Å². The maximum Gasteiger partial charge on any atom is 0.308 e. The number of halogens is 1. The van der Waals surface area contributed by atoms with Gasteiger partial charge in [0.05, 0.1) is 29.1 Å². The maximum atomic E-state index is 12.5. The van der Waals surface area contributed by atoms with Crippen LogP contribution in [0.25, 0.3) is 0 Å². The first-order valence-corrected chi connectivity index (χ1v) is 10.0. The van der Waals surface area contributed by atoms with Crippen LogP contribution in [0.3, 0.4) is 0 Å². The summed E-state index contributed by atoms with van der Waals surface area (Å²) >= 11 is 3.39. The van der Waals surface area contributed by atoms with Gasteiger partial charge in [0.15, 0.2) is 0 Å². The molecule has 1 unspecified atom stereocenters. The number of esters is 1. The molecule has 29 heavy (non-hydrogen) atoms. The third-order valence-electron chi connectivity index (χ3n) is 4.11. The van der Waals surface area contributed by atoms with Gasteiger partial charge >= 0.3 is 5.97 Å². The molecular formula is C21H23BrN2O5. The highest BCUT2D eigenvalue weighted by atomic mass is 79.9. The van der Waals surface area contributed by atoms with E-state index in [9.17, 15) is 19.7 Å². The summed E-state index contributed by atoms with van der Waals surface area (Å²) in [5.41, 5.74) is 1.10. The van der Waals surface area contributed by atoms with E-state index in [2.05, 4.69) is 21.2 Å². The summed E-state index contributed by atoms with van der Waals surface area (Å²) in [7, 11) is 0. The molecule has 2 aromatic rings. The van der Waals surface area contributed by atoms with Crippen molar-refractivity contribution in [3.63, 3.8) is 0 Å². The van der Waals surface area contributed by atoms with E-state index in [1.54, 1.807) is 32.0 Å². The van der Waals surface area contributed by atoms with Crippen molar-refractivity contribution in [1.29, 1.82) is 0 Å². The van der Waals surface area contributed by atoms with E-state index < -0.39 is 16.9 Å². The van der Waals surface area contributed by atoms with Crippen LogP contribution in [-0.4, -0.2) is 22.9 Å². The quantitative estimate of drug-likeness (QED) is 0.336. The lowest BCUT2D eigenvalue weighted by Gasteiger charge is -2.19. The summed E-state index contributed by atoms with van der Waals surface area (Å²) in [6.45, 7) is 3.43. The number of benzene rings is 2. The lowest BCUT2D eigenvalue weighted by Crippen LogP contribution is -2.31. The first kappa shape index (κ1) is 22.5. The molecule has 8 heteroatoms. The predicted molar refractivity (Wildman–Crippen MR) is 112 cm³/mol. The summed E-state index contributed by atoms with van der Waals surface area (Å²) in [6, 6.07) is 12.8. The van der Waals surface area contributed by atoms with Crippen LogP contribution in [0.2, 0.25) is 0 Å². The molecule has 0 heterocycles.